The smallest absolute Gasteiger partial charge is 0.374 e. The number of hydrogen-bond acceptors (Lipinski definition) is 3. The molecule has 0 saturated carbocycles. The SMILES string of the molecule is N#Cc1c(Cl)n([O-])c2ccc(F)cc2[n+]1=O. The van der Waals surface area contributed by atoms with Crippen LogP contribution in [0, 0.1) is 27.3 Å². The lowest BCUT2D eigenvalue weighted by molar-refractivity contribution is -0.468. The van der Waals surface area contributed by atoms with Gasteiger partial charge >= 0.3 is 5.69 Å². The van der Waals surface area contributed by atoms with E-state index in [2.05, 4.69) is 0 Å². The quantitative estimate of drug-likeness (QED) is 0.655. The van der Waals surface area contributed by atoms with Gasteiger partial charge in [-0.05, 0) is 12.1 Å². The highest BCUT2D eigenvalue weighted by Gasteiger charge is 2.21. The van der Waals surface area contributed by atoms with Gasteiger partial charge in [0.1, 0.15) is 11.3 Å². The van der Waals surface area contributed by atoms with Crippen LogP contribution in [0.4, 0.5) is 4.39 Å². The van der Waals surface area contributed by atoms with Crippen LogP contribution in [-0.2, 0) is 0 Å². The van der Waals surface area contributed by atoms with Gasteiger partial charge in [-0.2, -0.15) is 5.26 Å². The van der Waals surface area contributed by atoms with E-state index in [-0.39, 0.29) is 20.2 Å². The fourth-order valence-electron chi connectivity index (χ4n) is 1.33. The minimum Gasteiger partial charge on any atom is -0.804 e. The molecule has 0 aliphatic carbocycles. The van der Waals surface area contributed by atoms with Crippen LogP contribution >= 0.6 is 11.6 Å². The van der Waals surface area contributed by atoms with Gasteiger partial charge in [0.05, 0.1) is 10.5 Å². The van der Waals surface area contributed by atoms with E-state index in [4.69, 9.17) is 16.9 Å². The number of halogens is 2. The number of hydrogen-bond donors (Lipinski definition) is 0. The molecule has 0 unspecified atom stereocenters. The average molecular weight is 240 g/mol. The van der Waals surface area contributed by atoms with E-state index >= 15 is 0 Å². The number of fused-ring (bicyclic) bond motifs is 1. The second kappa shape index (κ2) is 3.47. The van der Waals surface area contributed by atoms with Crippen LogP contribution in [0.1, 0.15) is 5.69 Å². The molecule has 7 heteroatoms. The predicted octanol–water partition coefficient (Wildman–Crippen LogP) is 1.57. The lowest BCUT2D eigenvalue weighted by atomic mass is 10.3. The molecule has 0 aliphatic heterocycles. The van der Waals surface area contributed by atoms with Crippen LogP contribution in [0.2, 0.25) is 5.15 Å². The van der Waals surface area contributed by atoms with Crippen molar-refractivity contribution in [3.05, 3.63) is 45.0 Å². The molecule has 2 aromatic rings. The highest BCUT2D eigenvalue weighted by atomic mass is 35.5. The third-order valence-electron chi connectivity index (χ3n) is 2.06. The summed E-state index contributed by atoms with van der Waals surface area (Å²) in [6.07, 6.45) is 0. The molecule has 5 nitrogen and oxygen atoms in total. The van der Waals surface area contributed by atoms with E-state index in [1.54, 1.807) is 0 Å². The topological polar surface area (TPSA) is 74.8 Å². The Morgan fingerprint density at radius 3 is 2.88 bits per heavy atom. The fraction of sp³-hybridized carbons (Fsp3) is 0. The Balaban J connectivity index is 3.10. The van der Waals surface area contributed by atoms with E-state index in [0.29, 0.717) is 0 Å². The van der Waals surface area contributed by atoms with Crippen LogP contribution in [0.5, 0.6) is 0 Å². The summed E-state index contributed by atoms with van der Waals surface area (Å²) >= 11 is 5.53. The molecule has 0 radical (unpaired) electrons. The molecule has 1 aromatic carbocycles. The van der Waals surface area contributed by atoms with E-state index in [1.807, 2.05) is 0 Å². The predicted molar refractivity (Wildman–Crippen MR) is 53.8 cm³/mol. The third kappa shape index (κ3) is 1.30. The van der Waals surface area contributed by atoms with Crippen molar-refractivity contribution in [1.29, 1.82) is 5.26 Å². The van der Waals surface area contributed by atoms with Gasteiger partial charge in [0.15, 0.2) is 11.2 Å². The summed E-state index contributed by atoms with van der Waals surface area (Å²) in [5.74, 6) is -0.677. The first-order chi connectivity index (χ1) is 7.56. The van der Waals surface area contributed by atoms with Gasteiger partial charge in [-0.25, -0.2) is 4.39 Å². The highest BCUT2D eigenvalue weighted by molar-refractivity contribution is 6.30. The Morgan fingerprint density at radius 1 is 1.56 bits per heavy atom. The normalized spacial score (nSPS) is 10.3. The molecule has 0 spiro atoms. The summed E-state index contributed by atoms with van der Waals surface area (Å²) in [5.41, 5.74) is -0.897. The van der Waals surface area contributed by atoms with Crippen LogP contribution in [-0.4, -0.2) is 4.73 Å². The molecule has 2 rings (SSSR count). The number of nitrogens with zero attached hydrogens (tertiary/aromatic N) is 3. The van der Waals surface area contributed by atoms with Gasteiger partial charge in [-0.1, -0.05) is 11.6 Å². The van der Waals surface area contributed by atoms with Gasteiger partial charge in [-0.3, -0.25) is 0 Å². The van der Waals surface area contributed by atoms with Gasteiger partial charge in [-0.15, -0.1) is 0 Å². The molecule has 1 heterocycles. The van der Waals surface area contributed by atoms with Crippen molar-refractivity contribution in [3.63, 3.8) is 0 Å². The largest absolute Gasteiger partial charge is 0.804 e. The third-order valence-corrected chi connectivity index (χ3v) is 2.39. The summed E-state index contributed by atoms with van der Waals surface area (Å²) in [4.78, 5) is 11.6. The molecule has 0 fully saturated rings. The van der Waals surface area contributed by atoms with Crippen molar-refractivity contribution >= 4 is 22.6 Å². The van der Waals surface area contributed by atoms with Crippen molar-refractivity contribution in [2.75, 3.05) is 0 Å². The van der Waals surface area contributed by atoms with E-state index < -0.39 is 16.7 Å². The van der Waals surface area contributed by atoms with Gasteiger partial charge < -0.3 is 9.94 Å². The minimum atomic E-state index is -0.677. The zero-order valence-corrected chi connectivity index (χ0v) is 8.40. The van der Waals surface area contributed by atoms with E-state index in [0.717, 1.165) is 18.2 Å². The molecular formula is C9H3ClFN3O2. The van der Waals surface area contributed by atoms with Crippen LogP contribution in [0.25, 0.3) is 11.0 Å². The summed E-state index contributed by atoms with van der Waals surface area (Å²) < 4.78 is 13.3. The molecule has 0 N–H and O–H groups in total. The summed E-state index contributed by atoms with van der Waals surface area (Å²) in [6.45, 7) is 0. The van der Waals surface area contributed by atoms with E-state index in [9.17, 15) is 14.5 Å². The Kier molecular flexibility index (Phi) is 2.25. The molecule has 0 amide bonds. The highest BCUT2D eigenvalue weighted by Crippen LogP contribution is 2.18. The Morgan fingerprint density at radius 2 is 2.25 bits per heavy atom. The standard InChI is InChI=1S/C9H3ClFN3O2/c10-9-8(4-12)13(15)7-3-5(11)1-2-6(7)14(9)16/h1-3H. The molecule has 0 bridgehead atoms. The lowest BCUT2D eigenvalue weighted by Gasteiger charge is -2.12. The monoisotopic (exact) mass is 239 g/mol. The number of benzene rings is 1. The number of aromatic nitrogens is 2. The molecule has 0 aliphatic rings. The zero-order chi connectivity index (χ0) is 11.9. The maximum Gasteiger partial charge on any atom is 0.374 e. The number of rotatable bonds is 0. The second-order valence-corrected chi connectivity index (χ2v) is 3.33. The minimum absolute atomic E-state index is 0.0969. The lowest BCUT2D eigenvalue weighted by Crippen LogP contribution is -2.23. The molecule has 0 saturated heterocycles. The van der Waals surface area contributed by atoms with Crippen molar-refractivity contribution in [2.45, 2.75) is 0 Å². The first kappa shape index (κ1) is 10.4. The van der Waals surface area contributed by atoms with Crippen LogP contribution in [0.15, 0.2) is 18.2 Å². The molecule has 80 valence electrons. The Bertz CT molecular complexity index is 690. The second-order valence-electron chi connectivity index (χ2n) is 2.97. The first-order valence-corrected chi connectivity index (χ1v) is 4.48. The van der Waals surface area contributed by atoms with Gasteiger partial charge in [0.2, 0.25) is 0 Å². The summed E-state index contributed by atoms with van der Waals surface area (Å²) in [7, 11) is 0. The van der Waals surface area contributed by atoms with Gasteiger partial charge in [0.25, 0.3) is 5.52 Å². The van der Waals surface area contributed by atoms with Crippen molar-refractivity contribution in [1.82, 2.24) is 4.73 Å². The van der Waals surface area contributed by atoms with Gasteiger partial charge in [0, 0.05) is 4.91 Å². The average Bonchev–Trinajstić information content (AvgIpc) is 2.27. The maximum absolute atomic E-state index is 12.9. The molecule has 1 aromatic heterocycles. The van der Waals surface area contributed by atoms with Crippen molar-refractivity contribution in [3.8, 4) is 6.07 Å². The first-order valence-electron chi connectivity index (χ1n) is 4.10. The number of nitriles is 1. The summed E-state index contributed by atoms with van der Waals surface area (Å²) in [6, 6.07) is 4.51. The molecule has 16 heavy (non-hydrogen) atoms. The molecular weight excluding hydrogens is 237 g/mol. The zero-order valence-electron chi connectivity index (χ0n) is 7.65. The van der Waals surface area contributed by atoms with Crippen LogP contribution < -0.4 is 4.43 Å². The van der Waals surface area contributed by atoms with Crippen molar-refractivity contribution in [2.24, 2.45) is 0 Å². The van der Waals surface area contributed by atoms with Crippen molar-refractivity contribution < 1.29 is 8.82 Å². The summed E-state index contributed by atoms with van der Waals surface area (Å²) in [5, 5.41) is 19.7. The van der Waals surface area contributed by atoms with E-state index in [1.165, 1.54) is 6.07 Å². The Labute approximate surface area is 93.1 Å². The Hall–Kier alpha value is -2.13. The molecule has 0 atom stereocenters. The maximum atomic E-state index is 12.9. The van der Waals surface area contributed by atoms with Crippen LogP contribution in [0.3, 0.4) is 0 Å². The fourth-order valence-corrected chi connectivity index (χ4v) is 1.54.